The summed E-state index contributed by atoms with van der Waals surface area (Å²) in [5.74, 6) is -0.0207. The molecule has 1 heterocycles. The van der Waals surface area contributed by atoms with E-state index < -0.39 is 6.09 Å². The molecule has 1 aromatic rings. The van der Waals surface area contributed by atoms with Crippen molar-refractivity contribution < 1.29 is 14.3 Å². The number of carbonyl (C=O) groups is 2. The smallest absolute Gasteiger partial charge is 0.407 e. The molecule has 2 N–H and O–H groups in total. The molecule has 1 saturated heterocycles. The van der Waals surface area contributed by atoms with Crippen LogP contribution in [-0.4, -0.2) is 55.7 Å². The van der Waals surface area contributed by atoms with Gasteiger partial charge in [0.15, 0.2) is 0 Å². The molecule has 0 bridgehead atoms. The number of ether oxygens (including phenoxy) is 1. The molecule has 132 valence electrons. The number of likely N-dealkylation sites (tertiary alicyclic amines) is 1. The van der Waals surface area contributed by atoms with E-state index in [2.05, 4.69) is 10.6 Å². The van der Waals surface area contributed by atoms with Gasteiger partial charge in [0.05, 0.1) is 12.6 Å². The van der Waals surface area contributed by atoms with Crippen LogP contribution in [0, 0.1) is 0 Å². The van der Waals surface area contributed by atoms with Gasteiger partial charge in [-0.1, -0.05) is 23.7 Å². The number of nitrogens with one attached hydrogen (secondary N) is 2. The Kier molecular flexibility index (Phi) is 6.87. The normalized spacial score (nSPS) is 20.6. The molecular weight excluding hydrogens is 330 g/mol. The van der Waals surface area contributed by atoms with Gasteiger partial charge in [-0.05, 0) is 44.5 Å². The van der Waals surface area contributed by atoms with E-state index in [0.29, 0.717) is 31.1 Å². The Bertz CT molecular complexity index is 582. The Morgan fingerprint density at radius 2 is 2.21 bits per heavy atom. The highest BCUT2D eigenvalue weighted by Gasteiger charge is 2.35. The van der Waals surface area contributed by atoms with E-state index in [1.54, 1.807) is 6.92 Å². The van der Waals surface area contributed by atoms with Crippen LogP contribution in [0.4, 0.5) is 4.79 Å². The van der Waals surface area contributed by atoms with Crippen LogP contribution in [0.1, 0.15) is 18.9 Å². The van der Waals surface area contributed by atoms with Gasteiger partial charge in [0.2, 0.25) is 5.91 Å². The number of hydrogen-bond donors (Lipinski definition) is 2. The van der Waals surface area contributed by atoms with E-state index in [9.17, 15) is 9.59 Å². The summed E-state index contributed by atoms with van der Waals surface area (Å²) in [5, 5.41) is 6.44. The Hall–Kier alpha value is -1.79. The van der Waals surface area contributed by atoms with Crippen molar-refractivity contribution in [3.63, 3.8) is 0 Å². The Morgan fingerprint density at radius 3 is 2.92 bits per heavy atom. The van der Waals surface area contributed by atoms with Gasteiger partial charge < -0.3 is 15.4 Å². The van der Waals surface area contributed by atoms with Crippen LogP contribution in [0.2, 0.25) is 5.02 Å². The van der Waals surface area contributed by atoms with E-state index in [1.165, 1.54) is 0 Å². The van der Waals surface area contributed by atoms with Crippen LogP contribution in [0.5, 0.6) is 0 Å². The Balaban J connectivity index is 1.76. The molecule has 2 atom stereocenters. The van der Waals surface area contributed by atoms with E-state index in [1.807, 2.05) is 36.2 Å². The predicted octanol–water partition coefficient (Wildman–Crippen LogP) is 1.82. The van der Waals surface area contributed by atoms with Gasteiger partial charge in [0, 0.05) is 24.2 Å². The largest absolute Gasteiger partial charge is 0.450 e. The number of amides is 2. The second-order valence-corrected chi connectivity index (χ2v) is 6.36. The van der Waals surface area contributed by atoms with E-state index in [-0.39, 0.29) is 18.0 Å². The standard InChI is InChI=1S/C17H24ClN3O3/c1-3-24-17(23)20-14-10-15(21(2)11-14)16(22)19-8-7-12-5-4-6-13(18)9-12/h4-6,9,14-15H,3,7-8,10-11H2,1-2H3,(H,19,22)(H,20,23)/t14-,15-/m0/s1. The Morgan fingerprint density at radius 1 is 1.42 bits per heavy atom. The molecular formula is C17H24ClN3O3. The van der Waals surface area contributed by atoms with Crippen molar-refractivity contribution >= 4 is 23.6 Å². The number of carbonyl (C=O) groups excluding carboxylic acids is 2. The second-order valence-electron chi connectivity index (χ2n) is 5.92. The average Bonchev–Trinajstić information content (AvgIpc) is 2.88. The summed E-state index contributed by atoms with van der Waals surface area (Å²) in [4.78, 5) is 25.8. The topological polar surface area (TPSA) is 70.7 Å². The van der Waals surface area contributed by atoms with Crippen molar-refractivity contribution in [3.05, 3.63) is 34.9 Å². The van der Waals surface area contributed by atoms with Gasteiger partial charge in [-0.25, -0.2) is 4.79 Å². The van der Waals surface area contributed by atoms with Gasteiger partial charge in [0.1, 0.15) is 0 Å². The molecule has 24 heavy (non-hydrogen) atoms. The van der Waals surface area contributed by atoms with Gasteiger partial charge in [0.25, 0.3) is 0 Å². The minimum absolute atomic E-state index is 0.0207. The lowest BCUT2D eigenvalue weighted by Crippen LogP contribution is -2.42. The van der Waals surface area contributed by atoms with Crippen molar-refractivity contribution in [2.45, 2.75) is 31.8 Å². The zero-order chi connectivity index (χ0) is 17.5. The second kappa shape index (κ2) is 8.89. The summed E-state index contributed by atoms with van der Waals surface area (Å²) >= 11 is 5.95. The third-order valence-electron chi connectivity index (χ3n) is 4.05. The first kappa shape index (κ1) is 18.5. The highest BCUT2D eigenvalue weighted by molar-refractivity contribution is 6.30. The fraction of sp³-hybridized carbons (Fsp3) is 0.529. The zero-order valence-corrected chi connectivity index (χ0v) is 14.8. The van der Waals surface area contributed by atoms with Crippen molar-refractivity contribution in [1.29, 1.82) is 0 Å². The Labute approximate surface area is 147 Å². The third kappa shape index (κ3) is 5.39. The lowest BCUT2D eigenvalue weighted by atomic mass is 10.1. The molecule has 1 aliphatic heterocycles. The van der Waals surface area contributed by atoms with Crippen LogP contribution < -0.4 is 10.6 Å². The summed E-state index contributed by atoms with van der Waals surface area (Å²) in [5.41, 5.74) is 1.09. The van der Waals surface area contributed by atoms with Crippen molar-refractivity contribution in [3.8, 4) is 0 Å². The molecule has 0 aliphatic carbocycles. The summed E-state index contributed by atoms with van der Waals surface area (Å²) < 4.78 is 4.88. The first-order valence-corrected chi connectivity index (χ1v) is 8.53. The highest BCUT2D eigenvalue weighted by atomic mass is 35.5. The van der Waals surface area contributed by atoms with Crippen LogP contribution in [0.15, 0.2) is 24.3 Å². The highest BCUT2D eigenvalue weighted by Crippen LogP contribution is 2.16. The number of nitrogens with zero attached hydrogens (tertiary/aromatic N) is 1. The van der Waals surface area contributed by atoms with Crippen molar-refractivity contribution in [2.24, 2.45) is 0 Å². The predicted molar refractivity (Wildman–Crippen MR) is 93.1 cm³/mol. The monoisotopic (exact) mass is 353 g/mol. The molecule has 6 nitrogen and oxygen atoms in total. The molecule has 1 aliphatic rings. The number of likely N-dealkylation sites (N-methyl/N-ethyl adjacent to an activating group) is 1. The lowest BCUT2D eigenvalue weighted by molar-refractivity contribution is -0.125. The number of alkyl carbamates (subject to hydrolysis) is 1. The number of benzene rings is 1. The quantitative estimate of drug-likeness (QED) is 0.818. The van der Waals surface area contributed by atoms with E-state index >= 15 is 0 Å². The molecule has 0 radical (unpaired) electrons. The van der Waals surface area contributed by atoms with Crippen LogP contribution in [0.3, 0.4) is 0 Å². The molecule has 2 rings (SSSR count). The SMILES string of the molecule is CCOC(=O)N[C@H]1C[C@@H](C(=O)NCCc2cccc(Cl)c2)N(C)C1. The summed E-state index contributed by atoms with van der Waals surface area (Å²) in [7, 11) is 1.88. The first-order chi connectivity index (χ1) is 11.5. The maximum Gasteiger partial charge on any atom is 0.407 e. The van der Waals surface area contributed by atoms with Crippen LogP contribution in [0.25, 0.3) is 0 Å². The minimum Gasteiger partial charge on any atom is -0.450 e. The average molecular weight is 354 g/mol. The maximum absolute atomic E-state index is 12.3. The molecule has 0 unspecified atom stereocenters. The molecule has 1 fully saturated rings. The fourth-order valence-electron chi connectivity index (χ4n) is 2.89. The molecule has 0 spiro atoms. The van der Waals surface area contributed by atoms with Crippen molar-refractivity contribution in [2.75, 3.05) is 26.7 Å². The number of halogens is 1. The number of rotatable bonds is 6. The number of hydrogen-bond acceptors (Lipinski definition) is 4. The minimum atomic E-state index is -0.432. The summed E-state index contributed by atoms with van der Waals surface area (Å²) in [6.45, 7) is 3.28. The van der Waals surface area contributed by atoms with E-state index in [4.69, 9.17) is 16.3 Å². The van der Waals surface area contributed by atoms with Gasteiger partial charge in [-0.3, -0.25) is 9.69 Å². The molecule has 2 amide bonds. The van der Waals surface area contributed by atoms with Gasteiger partial charge >= 0.3 is 6.09 Å². The zero-order valence-electron chi connectivity index (χ0n) is 14.0. The maximum atomic E-state index is 12.3. The van der Waals surface area contributed by atoms with Crippen LogP contribution in [-0.2, 0) is 16.0 Å². The molecule has 0 saturated carbocycles. The molecule has 7 heteroatoms. The fourth-order valence-corrected chi connectivity index (χ4v) is 3.10. The van der Waals surface area contributed by atoms with Gasteiger partial charge in [-0.15, -0.1) is 0 Å². The lowest BCUT2D eigenvalue weighted by Gasteiger charge is -2.18. The van der Waals surface area contributed by atoms with Crippen LogP contribution >= 0.6 is 11.6 Å². The molecule has 1 aromatic carbocycles. The van der Waals surface area contributed by atoms with E-state index in [0.717, 1.165) is 12.0 Å². The third-order valence-corrected chi connectivity index (χ3v) is 4.29. The van der Waals surface area contributed by atoms with Crippen molar-refractivity contribution in [1.82, 2.24) is 15.5 Å². The molecule has 0 aromatic heterocycles. The first-order valence-electron chi connectivity index (χ1n) is 8.15. The summed E-state index contributed by atoms with van der Waals surface area (Å²) in [6.07, 6.45) is 0.879. The van der Waals surface area contributed by atoms with Gasteiger partial charge in [-0.2, -0.15) is 0 Å². The summed E-state index contributed by atoms with van der Waals surface area (Å²) in [6, 6.07) is 7.30.